The Labute approximate surface area is 209 Å². The number of carbonyl (C=O) groups excluding carboxylic acids is 1. The lowest BCUT2D eigenvalue weighted by molar-refractivity contribution is 0.102. The number of amides is 1. The van der Waals surface area contributed by atoms with E-state index >= 15 is 0 Å². The third kappa shape index (κ3) is 5.93. The molecule has 7 nitrogen and oxygen atoms in total. The molecule has 0 atom stereocenters. The first-order valence-electron chi connectivity index (χ1n) is 11.1. The average Bonchev–Trinajstić information content (AvgIpc) is 2.90. The molecule has 174 valence electrons. The van der Waals surface area contributed by atoms with Crippen LogP contribution >= 0.6 is 0 Å². The predicted molar refractivity (Wildman–Crippen MR) is 145 cm³/mol. The Morgan fingerprint density at radius 3 is 2.33 bits per heavy atom. The van der Waals surface area contributed by atoms with Crippen molar-refractivity contribution in [3.8, 4) is 18.5 Å². The zero-order chi connectivity index (χ0) is 25.3. The van der Waals surface area contributed by atoms with Gasteiger partial charge in [0.2, 0.25) is 0 Å². The first-order valence-corrected chi connectivity index (χ1v) is 11.1. The van der Waals surface area contributed by atoms with E-state index in [2.05, 4.69) is 38.0 Å². The summed E-state index contributed by atoms with van der Waals surface area (Å²) in [5, 5.41) is 19.5. The highest BCUT2D eigenvalue weighted by molar-refractivity contribution is 6.04. The van der Waals surface area contributed by atoms with Gasteiger partial charge in [-0.05, 0) is 79.7 Å². The van der Waals surface area contributed by atoms with Gasteiger partial charge >= 0.3 is 0 Å². The number of carbonyl (C=O) groups is 1. The lowest BCUT2D eigenvalue weighted by atomic mass is 10.1. The van der Waals surface area contributed by atoms with E-state index in [-0.39, 0.29) is 5.91 Å². The number of anilines is 4. The van der Waals surface area contributed by atoms with Gasteiger partial charge in [-0.3, -0.25) is 4.79 Å². The van der Waals surface area contributed by atoms with Gasteiger partial charge in [0.25, 0.3) is 5.91 Å². The first-order chi connectivity index (χ1) is 17.6. The molecule has 1 heterocycles. The van der Waals surface area contributed by atoms with Crippen molar-refractivity contribution in [2.45, 2.75) is 6.92 Å². The highest BCUT2D eigenvalue weighted by Crippen LogP contribution is 2.25. The van der Waals surface area contributed by atoms with Crippen LogP contribution in [0.15, 0.2) is 95.6 Å². The smallest absolute Gasteiger partial charge is 0.255 e. The summed E-state index contributed by atoms with van der Waals surface area (Å²) in [7, 11) is 0. The van der Waals surface area contributed by atoms with Crippen LogP contribution < -0.4 is 16.0 Å². The molecule has 4 aromatic rings. The van der Waals surface area contributed by atoms with Crippen molar-refractivity contribution in [2.75, 3.05) is 16.0 Å². The van der Waals surface area contributed by atoms with E-state index in [1.807, 2.05) is 67.6 Å². The largest absolute Gasteiger partial charge is 0.359 e. The third-order valence-corrected chi connectivity index (χ3v) is 5.22. The van der Waals surface area contributed by atoms with E-state index in [1.165, 1.54) is 0 Å². The molecule has 4 rings (SSSR count). The van der Waals surface area contributed by atoms with E-state index < -0.39 is 0 Å². The van der Waals surface area contributed by atoms with Crippen molar-refractivity contribution in [3.05, 3.63) is 102 Å². The van der Waals surface area contributed by atoms with Crippen molar-refractivity contribution in [1.29, 1.82) is 5.26 Å². The van der Waals surface area contributed by atoms with Crippen LogP contribution in [0.4, 0.5) is 22.7 Å². The molecule has 0 unspecified atom stereocenters. The van der Waals surface area contributed by atoms with E-state index in [1.54, 1.807) is 30.5 Å². The fourth-order valence-electron chi connectivity index (χ4n) is 3.47. The van der Waals surface area contributed by atoms with Crippen LogP contribution in [-0.2, 0) is 0 Å². The molecule has 0 aliphatic carbocycles. The number of fused-ring (bicyclic) bond motifs is 1. The lowest BCUT2D eigenvalue weighted by Crippen LogP contribution is -2.11. The van der Waals surface area contributed by atoms with Crippen molar-refractivity contribution in [1.82, 2.24) is 4.98 Å². The maximum Gasteiger partial charge on any atom is 0.255 e. The van der Waals surface area contributed by atoms with Crippen LogP contribution in [0.5, 0.6) is 0 Å². The molecule has 36 heavy (non-hydrogen) atoms. The molecule has 0 saturated heterocycles. The number of rotatable bonds is 7. The number of allylic oxidation sites excluding steroid dienone is 2. The maximum absolute atomic E-state index is 12.7. The minimum atomic E-state index is -0.214. The number of para-hydroxylation sites is 1. The van der Waals surface area contributed by atoms with E-state index in [0.717, 1.165) is 28.1 Å². The SMILES string of the molecule is C#C/N=C\C=C(/C)Nc1ccc(NC(=O)c2ccc(Nc3cccc4ccc(C#N)nc34)cc2)cc1. The Kier molecular flexibility index (Phi) is 7.35. The number of hydrogen-bond donors (Lipinski definition) is 3. The summed E-state index contributed by atoms with van der Waals surface area (Å²) < 4.78 is 0. The summed E-state index contributed by atoms with van der Waals surface area (Å²) >= 11 is 0. The molecule has 7 heteroatoms. The van der Waals surface area contributed by atoms with Gasteiger partial charge in [-0.15, -0.1) is 0 Å². The summed E-state index contributed by atoms with van der Waals surface area (Å²) in [6.07, 6.45) is 8.40. The van der Waals surface area contributed by atoms with E-state index in [4.69, 9.17) is 11.7 Å². The zero-order valence-electron chi connectivity index (χ0n) is 19.5. The Hall–Kier alpha value is -5.40. The molecule has 0 aliphatic rings. The van der Waals surface area contributed by atoms with Gasteiger partial charge in [0.1, 0.15) is 11.8 Å². The quantitative estimate of drug-likeness (QED) is 0.224. The molecule has 3 N–H and O–H groups in total. The van der Waals surface area contributed by atoms with Gasteiger partial charge in [-0.25, -0.2) is 9.98 Å². The van der Waals surface area contributed by atoms with Gasteiger partial charge in [0.05, 0.1) is 11.2 Å². The van der Waals surface area contributed by atoms with Gasteiger partial charge in [0, 0.05) is 46.0 Å². The number of terminal acetylenes is 1. The summed E-state index contributed by atoms with van der Waals surface area (Å²) in [6, 6.07) is 28.1. The minimum absolute atomic E-state index is 0.214. The average molecular weight is 471 g/mol. The standard InChI is InChI=1S/C29H22N6O/c1-3-31-18-17-20(2)32-23-13-15-25(16-14-23)35-29(36)22-8-10-24(11-9-22)33-27-6-4-5-21-7-12-26(19-30)34-28(21)27/h1,4-18,32-33H,2H3,(H,35,36)/b20-17+,31-18-. The molecule has 0 spiro atoms. The number of pyridine rings is 1. The molecule has 1 aromatic heterocycles. The van der Waals surface area contributed by atoms with Gasteiger partial charge in [0.15, 0.2) is 0 Å². The first kappa shape index (κ1) is 23.7. The fraction of sp³-hybridized carbons (Fsp3) is 0.0345. The lowest BCUT2D eigenvalue weighted by Gasteiger charge is -2.11. The summed E-state index contributed by atoms with van der Waals surface area (Å²) in [5.74, 6) is -0.214. The second kappa shape index (κ2) is 11.1. The van der Waals surface area contributed by atoms with Gasteiger partial charge in [-0.1, -0.05) is 18.6 Å². The van der Waals surface area contributed by atoms with E-state index in [9.17, 15) is 4.79 Å². The summed E-state index contributed by atoms with van der Waals surface area (Å²) in [4.78, 5) is 20.8. The molecule has 0 bridgehead atoms. The molecule has 0 fully saturated rings. The molecule has 0 saturated carbocycles. The molecule has 0 radical (unpaired) electrons. The molecular formula is C29H22N6O. The predicted octanol–water partition coefficient (Wildman–Crippen LogP) is 6.08. The summed E-state index contributed by atoms with van der Waals surface area (Å²) in [5.41, 5.74) is 5.60. The fourth-order valence-corrected chi connectivity index (χ4v) is 3.47. The highest BCUT2D eigenvalue weighted by Gasteiger charge is 2.08. The Balaban J connectivity index is 1.40. The number of nitrogens with one attached hydrogen (secondary N) is 3. The van der Waals surface area contributed by atoms with Crippen LogP contribution in [0.25, 0.3) is 10.9 Å². The number of nitrogens with zero attached hydrogens (tertiary/aromatic N) is 3. The van der Waals surface area contributed by atoms with Crippen molar-refractivity contribution < 1.29 is 4.79 Å². The monoisotopic (exact) mass is 470 g/mol. The number of benzene rings is 3. The minimum Gasteiger partial charge on any atom is -0.359 e. The topological polar surface area (TPSA) is 102 Å². The third-order valence-electron chi connectivity index (χ3n) is 5.22. The normalized spacial score (nSPS) is 11.0. The maximum atomic E-state index is 12.7. The Morgan fingerprint density at radius 2 is 1.64 bits per heavy atom. The van der Waals surface area contributed by atoms with Crippen LogP contribution in [0.1, 0.15) is 23.0 Å². The van der Waals surface area contributed by atoms with Crippen molar-refractivity contribution >= 4 is 45.8 Å². The van der Waals surface area contributed by atoms with Gasteiger partial charge < -0.3 is 16.0 Å². The number of aromatic nitrogens is 1. The molecule has 3 aromatic carbocycles. The Bertz CT molecular complexity index is 1540. The number of hydrogen-bond acceptors (Lipinski definition) is 6. The Morgan fingerprint density at radius 1 is 0.944 bits per heavy atom. The van der Waals surface area contributed by atoms with E-state index in [0.29, 0.717) is 22.5 Å². The number of aliphatic imine (C=N–C) groups is 1. The van der Waals surface area contributed by atoms with Crippen LogP contribution in [-0.4, -0.2) is 17.1 Å². The second-order valence-corrected chi connectivity index (χ2v) is 7.80. The summed E-state index contributed by atoms with van der Waals surface area (Å²) in [6.45, 7) is 1.90. The van der Waals surface area contributed by atoms with Crippen LogP contribution in [0.2, 0.25) is 0 Å². The van der Waals surface area contributed by atoms with Crippen LogP contribution in [0.3, 0.4) is 0 Å². The zero-order valence-corrected chi connectivity index (χ0v) is 19.5. The number of nitriles is 1. The van der Waals surface area contributed by atoms with Crippen LogP contribution in [0, 0.1) is 23.8 Å². The molecular weight excluding hydrogens is 448 g/mol. The van der Waals surface area contributed by atoms with Crippen molar-refractivity contribution in [2.24, 2.45) is 4.99 Å². The molecule has 0 aliphatic heterocycles. The van der Waals surface area contributed by atoms with Gasteiger partial charge in [-0.2, -0.15) is 5.26 Å². The van der Waals surface area contributed by atoms with Crippen molar-refractivity contribution in [3.63, 3.8) is 0 Å². The highest BCUT2D eigenvalue weighted by atomic mass is 16.1. The molecule has 1 amide bonds. The second-order valence-electron chi connectivity index (χ2n) is 7.80.